The molecule has 0 unspecified atom stereocenters. The van der Waals surface area contributed by atoms with Crippen molar-refractivity contribution in [1.82, 2.24) is 0 Å². The highest BCUT2D eigenvalue weighted by molar-refractivity contribution is 5.82. The van der Waals surface area contributed by atoms with Crippen molar-refractivity contribution >= 4 is 23.9 Å². The van der Waals surface area contributed by atoms with Crippen molar-refractivity contribution in [3.63, 3.8) is 0 Å². The molecule has 0 amide bonds. The zero-order valence-electron chi connectivity index (χ0n) is 14.7. The summed E-state index contributed by atoms with van der Waals surface area (Å²) in [6, 6.07) is 0. The van der Waals surface area contributed by atoms with Gasteiger partial charge in [-0.3, -0.25) is 0 Å². The normalized spacial score (nSPS) is 9.54. The van der Waals surface area contributed by atoms with E-state index in [4.69, 9.17) is 18.9 Å². The third-order valence-electron chi connectivity index (χ3n) is 2.75. The van der Waals surface area contributed by atoms with Crippen LogP contribution in [0.5, 0.6) is 0 Å². The molecule has 0 bridgehead atoms. The highest BCUT2D eigenvalue weighted by atomic mass is 16.6. The Hall–Kier alpha value is -3.16. The number of hydrogen-bond donors (Lipinski definition) is 0. The number of carbonyl (C=O) groups excluding carboxylic acids is 4. The van der Waals surface area contributed by atoms with Crippen LogP contribution in [0.3, 0.4) is 0 Å². The van der Waals surface area contributed by atoms with Gasteiger partial charge in [0.25, 0.3) is 0 Å². The first kappa shape index (κ1) is 25.1. The van der Waals surface area contributed by atoms with Gasteiger partial charge in [0.2, 0.25) is 0 Å². The minimum Gasteiger partial charge on any atom is -0.462 e. The van der Waals surface area contributed by atoms with E-state index in [0.717, 1.165) is 24.3 Å². The lowest BCUT2D eigenvalue weighted by molar-refractivity contribution is -0.164. The topological polar surface area (TPSA) is 105 Å². The molecule has 8 nitrogen and oxygen atoms in total. The van der Waals surface area contributed by atoms with Gasteiger partial charge < -0.3 is 26.4 Å². The van der Waals surface area contributed by atoms with Gasteiger partial charge in [-0.05, 0) is 0 Å². The molecule has 0 saturated carbocycles. The molecule has 0 aliphatic rings. The zero-order chi connectivity index (χ0) is 19.3. The Balaban J connectivity index is 0. The number of hydrogen-bond acceptors (Lipinski definition) is 8. The quantitative estimate of drug-likeness (QED) is 0.220. The minimum absolute atomic E-state index is 0. The fraction of sp³-hybridized carbons (Fsp3) is 0.278. The van der Waals surface area contributed by atoms with Crippen molar-refractivity contribution in [1.29, 1.82) is 0 Å². The van der Waals surface area contributed by atoms with Crippen LogP contribution in [-0.4, -0.2) is 50.3 Å². The molecule has 0 aromatic rings. The molecule has 0 atom stereocenters. The first-order valence-electron chi connectivity index (χ1n) is 6.99. The van der Waals surface area contributed by atoms with E-state index in [-0.39, 0.29) is 33.9 Å². The van der Waals surface area contributed by atoms with Gasteiger partial charge in [0.05, 0.1) is 0 Å². The lowest BCUT2D eigenvalue weighted by atomic mass is 9.92. The fourth-order valence-electron chi connectivity index (χ4n) is 1.38. The van der Waals surface area contributed by atoms with Crippen molar-refractivity contribution in [2.75, 3.05) is 26.4 Å². The number of rotatable bonds is 12. The van der Waals surface area contributed by atoms with Gasteiger partial charge in [-0.25, -0.2) is 19.2 Å². The van der Waals surface area contributed by atoms with Crippen LogP contribution in [0.15, 0.2) is 50.6 Å². The molecule has 0 heterocycles. The third kappa shape index (κ3) is 9.86. The Kier molecular flexibility index (Phi) is 12.7. The van der Waals surface area contributed by atoms with Gasteiger partial charge in [0.15, 0.2) is 0 Å². The molecule has 0 radical (unpaired) electrons. The molecule has 0 aliphatic carbocycles. The highest BCUT2D eigenvalue weighted by Gasteiger charge is 2.37. The summed E-state index contributed by atoms with van der Waals surface area (Å²) in [5, 5.41) is 0. The van der Waals surface area contributed by atoms with E-state index < -0.39 is 29.3 Å². The van der Waals surface area contributed by atoms with Gasteiger partial charge in [0, 0.05) is 24.3 Å². The lowest BCUT2D eigenvalue weighted by Gasteiger charge is -2.31. The molecule has 0 rings (SSSR count). The summed E-state index contributed by atoms with van der Waals surface area (Å²) >= 11 is 0. The summed E-state index contributed by atoms with van der Waals surface area (Å²) in [7, 11) is 0. The Labute approximate surface area is 152 Å². The summed E-state index contributed by atoms with van der Waals surface area (Å²) in [6.45, 7) is 11.5. The Morgan fingerprint density at radius 3 is 0.923 bits per heavy atom. The molecule has 0 aliphatic heterocycles. The van der Waals surface area contributed by atoms with E-state index in [1.807, 2.05) is 0 Å². The predicted octanol–water partition coefficient (Wildman–Crippen LogP) is 1.34. The van der Waals surface area contributed by atoms with Crippen molar-refractivity contribution in [3.8, 4) is 0 Å². The maximum atomic E-state index is 11.3. The second-order valence-electron chi connectivity index (χ2n) is 4.75. The van der Waals surface area contributed by atoms with Crippen molar-refractivity contribution in [3.05, 3.63) is 58.0 Å². The summed E-state index contributed by atoms with van der Waals surface area (Å²) in [5.74, 6) is -3.04. The monoisotopic (exact) mass is 367 g/mol. The van der Waals surface area contributed by atoms with Crippen LogP contribution in [0.1, 0.15) is 0 Å². The summed E-state index contributed by atoms with van der Waals surface area (Å²) < 4.78 is 19.8. The fourth-order valence-corrected chi connectivity index (χ4v) is 1.38. The lowest BCUT2D eigenvalue weighted by Crippen LogP contribution is -2.43. The molecule has 0 fully saturated rings. The summed E-state index contributed by atoms with van der Waals surface area (Å²) in [4.78, 5) is 45.3. The van der Waals surface area contributed by atoms with Crippen LogP contribution in [0, 0.1) is 12.8 Å². The van der Waals surface area contributed by atoms with Gasteiger partial charge >= 0.3 is 23.9 Å². The van der Waals surface area contributed by atoms with E-state index in [0.29, 0.717) is 0 Å². The molecule has 26 heavy (non-hydrogen) atoms. The zero-order valence-corrected chi connectivity index (χ0v) is 14.7. The Morgan fingerprint density at radius 2 is 0.769 bits per heavy atom. The van der Waals surface area contributed by atoms with Gasteiger partial charge in [-0.1, -0.05) is 26.3 Å². The van der Waals surface area contributed by atoms with E-state index in [9.17, 15) is 19.2 Å². The molecule has 0 aromatic carbocycles. The first-order valence-corrected chi connectivity index (χ1v) is 6.99. The standard InChI is InChI=1S/C17H20O8.CH3/c1-5-13(18)22-9-17(10-23-14(19)6-2,11-24-15(20)7-3)12-25-16(21)8-4;/h5-8H,1-4,9-12H2;1H3/q;-1. The predicted molar refractivity (Wildman–Crippen MR) is 93.5 cm³/mol. The maximum absolute atomic E-state index is 11.3. The Morgan fingerprint density at radius 1 is 0.577 bits per heavy atom. The molecule has 0 saturated heterocycles. The van der Waals surface area contributed by atoms with Crippen LogP contribution >= 0.6 is 0 Å². The van der Waals surface area contributed by atoms with Crippen LogP contribution in [0.2, 0.25) is 0 Å². The SMILES string of the molecule is C=CC(=O)OCC(COC(=O)C=C)(COC(=O)C=C)COC(=O)C=C.[CH3-]. The third-order valence-corrected chi connectivity index (χ3v) is 2.75. The van der Waals surface area contributed by atoms with Crippen LogP contribution < -0.4 is 0 Å². The van der Waals surface area contributed by atoms with Gasteiger partial charge in [-0.2, -0.15) is 0 Å². The van der Waals surface area contributed by atoms with Crippen LogP contribution in [-0.2, 0) is 38.1 Å². The summed E-state index contributed by atoms with van der Waals surface area (Å²) in [5.41, 5.74) is -1.34. The van der Waals surface area contributed by atoms with Gasteiger partial charge in [-0.15, -0.1) is 0 Å². The minimum atomic E-state index is -1.34. The van der Waals surface area contributed by atoms with Crippen LogP contribution in [0.25, 0.3) is 0 Å². The highest BCUT2D eigenvalue weighted by Crippen LogP contribution is 2.21. The molecular formula is C18H23O8-. The molecule has 0 spiro atoms. The van der Waals surface area contributed by atoms with Gasteiger partial charge in [0.1, 0.15) is 31.8 Å². The van der Waals surface area contributed by atoms with Crippen molar-refractivity contribution < 1.29 is 38.1 Å². The second kappa shape index (κ2) is 13.2. The van der Waals surface area contributed by atoms with E-state index >= 15 is 0 Å². The second-order valence-corrected chi connectivity index (χ2v) is 4.75. The molecule has 0 N–H and O–H groups in total. The molecule has 0 aromatic heterocycles. The first-order chi connectivity index (χ1) is 11.8. The number of carbonyl (C=O) groups is 4. The molecular weight excluding hydrogens is 344 g/mol. The average molecular weight is 367 g/mol. The smallest absolute Gasteiger partial charge is 0.330 e. The Bertz CT molecular complexity index is 460. The van der Waals surface area contributed by atoms with E-state index in [1.165, 1.54) is 0 Å². The molecule has 8 heteroatoms. The van der Waals surface area contributed by atoms with Crippen molar-refractivity contribution in [2.45, 2.75) is 0 Å². The van der Waals surface area contributed by atoms with Crippen molar-refractivity contribution in [2.24, 2.45) is 5.41 Å². The van der Waals surface area contributed by atoms with Crippen LogP contribution in [0.4, 0.5) is 0 Å². The average Bonchev–Trinajstić information content (AvgIpc) is 2.65. The largest absolute Gasteiger partial charge is 0.462 e. The number of ether oxygens (including phenoxy) is 4. The van der Waals surface area contributed by atoms with E-state index in [1.54, 1.807) is 0 Å². The summed E-state index contributed by atoms with van der Waals surface area (Å²) in [6.07, 6.45) is 3.69. The molecule has 144 valence electrons. The number of esters is 4. The van der Waals surface area contributed by atoms with E-state index in [2.05, 4.69) is 26.3 Å². The maximum Gasteiger partial charge on any atom is 0.330 e.